The number of rotatable bonds is 3. The molecule has 1 aromatic carbocycles. The minimum absolute atomic E-state index is 0.202. The smallest absolute Gasteiger partial charge is 0.132 e. The second-order valence-electron chi connectivity index (χ2n) is 6.11. The van der Waals surface area contributed by atoms with Crippen molar-refractivity contribution in [2.75, 3.05) is 7.11 Å². The number of ether oxygens (including phenoxy) is 1. The van der Waals surface area contributed by atoms with Crippen LogP contribution in [0.3, 0.4) is 0 Å². The lowest BCUT2D eigenvalue weighted by Gasteiger charge is -2.31. The summed E-state index contributed by atoms with van der Waals surface area (Å²) in [6, 6.07) is 12.3. The summed E-state index contributed by atoms with van der Waals surface area (Å²) in [5, 5.41) is 0. The molecule has 2 aromatic rings. The maximum absolute atomic E-state index is 11.9. The molecule has 1 heterocycles. The van der Waals surface area contributed by atoms with Gasteiger partial charge in [-0.3, -0.25) is 4.79 Å². The zero-order valence-electron chi connectivity index (χ0n) is 13.2. The number of furan rings is 1. The van der Waals surface area contributed by atoms with E-state index in [9.17, 15) is 4.79 Å². The average molecular weight is 298 g/mol. The Morgan fingerprint density at radius 1 is 1.05 bits per heavy atom. The number of benzene rings is 1. The molecule has 1 fully saturated rings. The minimum Gasteiger partial charge on any atom is -0.497 e. The molecule has 1 saturated carbocycles. The molecule has 0 saturated heterocycles. The van der Waals surface area contributed by atoms with Gasteiger partial charge < -0.3 is 9.15 Å². The monoisotopic (exact) mass is 298 g/mol. The van der Waals surface area contributed by atoms with Gasteiger partial charge >= 0.3 is 0 Å². The molecule has 1 atom stereocenters. The summed E-state index contributed by atoms with van der Waals surface area (Å²) in [5.74, 6) is 3.10. The summed E-state index contributed by atoms with van der Waals surface area (Å²) in [6.45, 7) is 1.97. The van der Waals surface area contributed by atoms with E-state index in [-0.39, 0.29) is 5.41 Å². The van der Waals surface area contributed by atoms with Crippen molar-refractivity contribution in [3.8, 4) is 5.75 Å². The third-order valence-corrected chi connectivity index (χ3v) is 4.74. The highest BCUT2D eigenvalue weighted by Gasteiger charge is 2.38. The van der Waals surface area contributed by atoms with E-state index in [1.165, 1.54) is 5.56 Å². The lowest BCUT2D eigenvalue weighted by atomic mass is 9.72. The van der Waals surface area contributed by atoms with E-state index in [1.807, 2.05) is 25.1 Å². The average Bonchev–Trinajstić information content (AvgIpc) is 2.88. The first-order valence-electron chi connectivity index (χ1n) is 7.87. The third kappa shape index (κ3) is 2.68. The fraction of sp³-hybridized carbons (Fsp3) is 0.421. The standard InChI is InChI=1S/C19H22O3/c1-14-5-10-18(22-14)19(12-3-4-16(20)11-13-19)15-6-8-17(21-2)9-7-15/h5-10H,3-4,11-13H2,1-2H3. The van der Waals surface area contributed by atoms with Crippen LogP contribution in [0.25, 0.3) is 0 Å². The number of hydrogen-bond acceptors (Lipinski definition) is 3. The molecule has 0 bridgehead atoms. The molecular formula is C19H22O3. The Kier molecular flexibility index (Phi) is 4.06. The quantitative estimate of drug-likeness (QED) is 0.788. The number of aryl methyl sites for hydroxylation is 1. The Bertz CT molecular complexity index is 654. The summed E-state index contributed by atoms with van der Waals surface area (Å²) >= 11 is 0. The maximum atomic E-state index is 11.9. The van der Waals surface area contributed by atoms with Crippen molar-refractivity contribution in [2.45, 2.75) is 44.4 Å². The fourth-order valence-corrected chi connectivity index (χ4v) is 3.47. The Balaban J connectivity index is 2.06. The van der Waals surface area contributed by atoms with Crippen LogP contribution < -0.4 is 4.74 Å². The van der Waals surface area contributed by atoms with Crippen LogP contribution in [0, 0.1) is 6.92 Å². The van der Waals surface area contributed by atoms with Gasteiger partial charge in [0.1, 0.15) is 23.1 Å². The molecule has 3 rings (SSSR count). The Hall–Kier alpha value is -2.03. The lowest BCUT2D eigenvalue weighted by Crippen LogP contribution is -2.26. The van der Waals surface area contributed by atoms with E-state index < -0.39 is 0 Å². The van der Waals surface area contributed by atoms with Gasteiger partial charge in [0.2, 0.25) is 0 Å². The summed E-state index contributed by atoms with van der Waals surface area (Å²) < 4.78 is 11.2. The molecule has 3 nitrogen and oxygen atoms in total. The van der Waals surface area contributed by atoms with Gasteiger partial charge in [0.15, 0.2) is 0 Å². The van der Waals surface area contributed by atoms with Crippen LogP contribution in [0.2, 0.25) is 0 Å². The molecule has 22 heavy (non-hydrogen) atoms. The predicted molar refractivity (Wildman–Crippen MR) is 85.3 cm³/mol. The third-order valence-electron chi connectivity index (χ3n) is 4.74. The minimum atomic E-state index is -0.202. The topological polar surface area (TPSA) is 39.4 Å². The summed E-state index contributed by atoms with van der Waals surface area (Å²) in [7, 11) is 1.67. The first-order chi connectivity index (χ1) is 10.6. The van der Waals surface area contributed by atoms with Crippen molar-refractivity contribution >= 4 is 5.78 Å². The van der Waals surface area contributed by atoms with Crippen LogP contribution in [0.5, 0.6) is 5.75 Å². The SMILES string of the molecule is COc1ccc(C2(c3ccc(C)o3)CCCC(=O)CC2)cc1. The van der Waals surface area contributed by atoms with Crippen molar-refractivity contribution in [2.24, 2.45) is 0 Å². The van der Waals surface area contributed by atoms with Gasteiger partial charge in [-0.25, -0.2) is 0 Å². The van der Waals surface area contributed by atoms with Crippen molar-refractivity contribution in [1.82, 2.24) is 0 Å². The van der Waals surface area contributed by atoms with Gasteiger partial charge in [0, 0.05) is 12.8 Å². The molecule has 116 valence electrons. The van der Waals surface area contributed by atoms with Crippen molar-refractivity contribution in [3.63, 3.8) is 0 Å². The van der Waals surface area contributed by atoms with Gasteiger partial charge in [0.25, 0.3) is 0 Å². The van der Waals surface area contributed by atoms with Crippen LogP contribution in [0.1, 0.15) is 49.2 Å². The molecular weight excluding hydrogens is 276 g/mol. The van der Waals surface area contributed by atoms with E-state index in [0.29, 0.717) is 18.6 Å². The summed E-state index contributed by atoms with van der Waals surface area (Å²) in [5.41, 5.74) is 1.00. The molecule has 1 aromatic heterocycles. The lowest BCUT2D eigenvalue weighted by molar-refractivity contribution is -0.118. The van der Waals surface area contributed by atoms with Crippen molar-refractivity contribution in [3.05, 3.63) is 53.5 Å². The first kappa shape index (κ1) is 14.9. The number of carbonyl (C=O) groups excluding carboxylic acids is 1. The highest BCUT2D eigenvalue weighted by Crippen LogP contribution is 2.44. The van der Waals surface area contributed by atoms with E-state index in [0.717, 1.165) is 36.5 Å². The van der Waals surface area contributed by atoms with Crippen LogP contribution in [-0.2, 0) is 10.2 Å². The van der Waals surface area contributed by atoms with Gasteiger partial charge in [-0.1, -0.05) is 12.1 Å². The van der Waals surface area contributed by atoms with Gasteiger partial charge in [-0.15, -0.1) is 0 Å². The molecule has 0 spiro atoms. The predicted octanol–water partition coefficient (Wildman–Crippen LogP) is 4.42. The summed E-state index contributed by atoms with van der Waals surface area (Å²) in [6.07, 6.45) is 3.96. The Morgan fingerprint density at radius 2 is 1.82 bits per heavy atom. The number of methoxy groups -OCH3 is 1. The van der Waals surface area contributed by atoms with Crippen LogP contribution >= 0.6 is 0 Å². The zero-order valence-corrected chi connectivity index (χ0v) is 13.2. The van der Waals surface area contributed by atoms with Crippen LogP contribution in [0.15, 0.2) is 40.8 Å². The second kappa shape index (κ2) is 5.99. The number of Topliss-reactive ketones (excluding diaryl/α,β-unsaturated/α-hetero) is 1. The van der Waals surface area contributed by atoms with E-state index in [2.05, 4.69) is 18.2 Å². The summed E-state index contributed by atoms with van der Waals surface area (Å²) in [4.78, 5) is 11.9. The van der Waals surface area contributed by atoms with Gasteiger partial charge in [0.05, 0.1) is 12.5 Å². The highest BCUT2D eigenvalue weighted by atomic mass is 16.5. The molecule has 0 amide bonds. The molecule has 3 heteroatoms. The molecule has 1 unspecified atom stereocenters. The van der Waals surface area contributed by atoms with Crippen molar-refractivity contribution < 1.29 is 13.9 Å². The van der Waals surface area contributed by atoms with E-state index >= 15 is 0 Å². The van der Waals surface area contributed by atoms with Crippen molar-refractivity contribution in [1.29, 1.82) is 0 Å². The van der Waals surface area contributed by atoms with Crippen LogP contribution in [-0.4, -0.2) is 12.9 Å². The Morgan fingerprint density at radius 3 is 2.45 bits per heavy atom. The maximum Gasteiger partial charge on any atom is 0.132 e. The van der Waals surface area contributed by atoms with Crippen LogP contribution in [0.4, 0.5) is 0 Å². The zero-order chi connectivity index (χ0) is 15.6. The number of ketones is 1. The van der Waals surface area contributed by atoms with Gasteiger partial charge in [-0.2, -0.15) is 0 Å². The van der Waals surface area contributed by atoms with Gasteiger partial charge in [-0.05, 0) is 56.0 Å². The van der Waals surface area contributed by atoms with E-state index in [4.69, 9.17) is 9.15 Å². The molecule has 0 radical (unpaired) electrons. The largest absolute Gasteiger partial charge is 0.497 e. The number of hydrogen-bond donors (Lipinski definition) is 0. The van der Waals surface area contributed by atoms with E-state index in [1.54, 1.807) is 7.11 Å². The molecule has 1 aliphatic rings. The highest BCUT2D eigenvalue weighted by molar-refractivity contribution is 5.79. The fourth-order valence-electron chi connectivity index (χ4n) is 3.47. The molecule has 0 aliphatic heterocycles. The molecule has 0 N–H and O–H groups in total. The Labute approximate surface area is 131 Å². The number of carbonyl (C=O) groups is 1. The normalized spacial score (nSPS) is 22.4. The first-order valence-corrected chi connectivity index (χ1v) is 7.87. The second-order valence-corrected chi connectivity index (χ2v) is 6.11. The molecule has 1 aliphatic carbocycles.